The van der Waals surface area contributed by atoms with Gasteiger partial charge in [-0.2, -0.15) is 5.10 Å². The molecule has 1 aliphatic rings. The van der Waals surface area contributed by atoms with E-state index in [4.69, 9.17) is 4.74 Å². The van der Waals surface area contributed by atoms with Crippen LogP contribution in [-0.2, 0) is 11.2 Å². The fraction of sp³-hybridized carbons (Fsp3) is 0.824. The zero-order valence-corrected chi connectivity index (χ0v) is 13.9. The largest absolute Gasteiger partial charge is 0.390 e. The highest BCUT2D eigenvalue weighted by Crippen LogP contribution is 2.38. The van der Waals surface area contributed by atoms with Crippen LogP contribution in [0.5, 0.6) is 0 Å². The first-order valence-corrected chi connectivity index (χ1v) is 8.33. The molecule has 0 aliphatic heterocycles. The molecule has 120 valence electrons. The van der Waals surface area contributed by atoms with Gasteiger partial charge >= 0.3 is 0 Å². The van der Waals surface area contributed by atoms with E-state index < -0.39 is 6.10 Å². The summed E-state index contributed by atoms with van der Waals surface area (Å²) in [7, 11) is 0. The maximum atomic E-state index is 10.8. The summed E-state index contributed by atoms with van der Waals surface area (Å²) < 4.78 is 7.99. The lowest BCUT2D eigenvalue weighted by molar-refractivity contribution is -0.147. The van der Waals surface area contributed by atoms with Crippen LogP contribution < -0.4 is 0 Å². The smallest absolute Gasteiger partial charge is 0.0946 e. The van der Waals surface area contributed by atoms with Crippen molar-refractivity contribution in [2.24, 2.45) is 5.92 Å². The molecule has 0 spiro atoms. The van der Waals surface area contributed by atoms with Crippen molar-refractivity contribution in [3.05, 3.63) is 18.0 Å². The molecule has 0 amide bonds. The van der Waals surface area contributed by atoms with E-state index in [-0.39, 0.29) is 5.60 Å². The summed E-state index contributed by atoms with van der Waals surface area (Å²) in [6.07, 6.45) is 6.37. The summed E-state index contributed by atoms with van der Waals surface area (Å²) >= 11 is 0. The van der Waals surface area contributed by atoms with Gasteiger partial charge in [0, 0.05) is 25.3 Å². The van der Waals surface area contributed by atoms with E-state index >= 15 is 0 Å². The maximum absolute atomic E-state index is 10.8. The molecule has 1 aliphatic carbocycles. The van der Waals surface area contributed by atoms with Crippen molar-refractivity contribution in [2.75, 3.05) is 6.61 Å². The summed E-state index contributed by atoms with van der Waals surface area (Å²) in [6.45, 7) is 9.15. The van der Waals surface area contributed by atoms with Gasteiger partial charge in [-0.25, -0.2) is 0 Å². The molecule has 3 unspecified atom stereocenters. The molecule has 4 heteroatoms. The number of aliphatic hydroxyl groups is 1. The lowest BCUT2D eigenvalue weighted by atomic mass is 9.74. The standard InChI is InChI=1S/C17H30N2O2/c1-5-21-17(9-6-7-14(4)12-17)16(20)11-15-8-10-19(18-15)13(2)3/h8,10,13-14,16,20H,5-7,9,11-12H2,1-4H3. The molecule has 1 saturated carbocycles. The van der Waals surface area contributed by atoms with Crippen molar-refractivity contribution < 1.29 is 9.84 Å². The van der Waals surface area contributed by atoms with Crippen LogP contribution in [0.25, 0.3) is 0 Å². The Bertz CT molecular complexity index is 440. The number of hydrogen-bond acceptors (Lipinski definition) is 3. The third-order valence-electron chi connectivity index (χ3n) is 4.63. The van der Waals surface area contributed by atoms with Gasteiger partial charge in [0.15, 0.2) is 0 Å². The molecular formula is C17H30N2O2. The van der Waals surface area contributed by atoms with Gasteiger partial charge in [0.25, 0.3) is 0 Å². The summed E-state index contributed by atoms with van der Waals surface area (Å²) in [4.78, 5) is 0. The Labute approximate surface area is 128 Å². The summed E-state index contributed by atoms with van der Waals surface area (Å²) in [5.74, 6) is 0.619. The van der Waals surface area contributed by atoms with Crippen LogP contribution in [0.4, 0.5) is 0 Å². The highest BCUT2D eigenvalue weighted by Gasteiger charge is 2.42. The van der Waals surface area contributed by atoms with Gasteiger partial charge < -0.3 is 9.84 Å². The number of hydrogen-bond donors (Lipinski definition) is 1. The minimum absolute atomic E-state index is 0.353. The van der Waals surface area contributed by atoms with Gasteiger partial charge in [0.05, 0.1) is 17.4 Å². The van der Waals surface area contributed by atoms with E-state index in [0.29, 0.717) is 25.0 Å². The lowest BCUT2D eigenvalue weighted by Gasteiger charge is -2.43. The van der Waals surface area contributed by atoms with Crippen molar-refractivity contribution in [1.29, 1.82) is 0 Å². The van der Waals surface area contributed by atoms with Gasteiger partial charge in [-0.3, -0.25) is 4.68 Å². The predicted molar refractivity (Wildman–Crippen MR) is 84.3 cm³/mol. The molecule has 1 aromatic rings. The first-order valence-electron chi connectivity index (χ1n) is 8.33. The number of aliphatic hydroxyl groups excluding tert-OH is 1. The second-order valence-corrected chi connectivity index (χ2v) is 6.80. The van der Waals surface area contributed by atoms with Gasteiger partial charge in [0.1, 0.15) is 0 Å². The number of nitrogens with zero attached hydrogens (tertiary/aromatic N) is 2. The highest BCUT2D eigenvalue weighted by atomic mass is 16.5. The second-order valence-electron chi connectivity index (χ2n) is 6.80. The third-order valence-corrected chi connectivity index (χ3v) is 4.63. The summed E-state index contributed by atoms with van der Waals surface area (Å²) in [5.41, 5.74) is 0.571. The van der Waals surface area contributed by atoms with Crippen molar-refractivity contribution >= 4 is 0 Å². The Morgan fingerprint density at radius 1 is 1.52 bits per heavy atom. The van der Waals surface area contributed by atoms with E-state index in [1.807, 2.05) is 23.9 Å². The van der Waals surface area contributed by atoms with Crippen molar-refractivity contribution in [3.63, 3.8) is 0 Å². The van der Waals surface area contributed by atoms with E-state index in [1.165, 1.54) is 6.42 Å². The Kier molecular flexibility index (Phi) is 5.44. The van der Waals surface area contributed by atoms with Gasteiger partial charge in [-0.1, -0.05) is 19.8 Å². The van der Waals surface area contributed by atoms with Crippen LogP contribution >= 0.6 is 0 Å². The Balaban J connectivity index is 2.08. The number of rotatable bonds is 6. The molecule has 2 rings (SSSR count). The summed E-state index contributed by atoms with van der Waals surface area (Å²) in [6, 6.07) is 2.36. The molecule has 1 aromatic heterocycles. The maximum Gasteiger partial charge on any atom is 0.0946 e. The Morgan fingerprint density at radius 3 is 2.86 bits per heavy atom. The second kappa shape index (κ2) is 6.93. The zero-order chi connectivity index (χ0) is 15.5. The van der Waals surface area contributed by atoms with Gasteiger partial charge in [0.2, 0.25) is 0 Å². The minimum atomic E-state index is -0.476. The molecule has 1 N–H and O–H groups in total. The van der Waals surface area contributed by atoms with Crippen LogP contribution in [0.15, 0.2) is 12.3 Å². The van der Waals surface area contributed by atoms with E-state index in [0.717, 1.165) is 25.0 Å². The predicted octanol–water partition coefficient (Wildman–Crippen LogP) is 3.35. The Morgan fingerprint density at radius 2 is 2.29 bits per heavy atom. The fourth-order valence-electron chi connectivity index (χ4n) is 3.52. The van der Waals surface area contributed by atoms with Crippen LogP contribution in [0.3, 0.4) is 0 Å². The SMILES string of the molecule is CCOC1(C(O)Cc2ccn(C(C)C)n2)CCCC(C)C1. The quantitative estimate of drug-likeness (QED) is 0.875. The van der Waals surface area contributed by atoms with Crippen LogP contribution in [-0.4, -0.2) is 33.2 Å². The minimum Gasteiger partial charge on any atom is -0.390 e. The van der Waals surface area contributed by atoms with Crippen LogP contribution in [0, 0.1) is 5.92 Å². The van der Waals surface area contributed by atoms with Crippen molar-refractivity contribution in [2.45, 2.75) is 77.5 Å². The number of aromatic nitrogens is 2. The molecule has 21 heavy (non-hydrogen) atoms. The highest BCUT2D eigenvalue weighted by molar-refractivity contribution is 5.05. The average Bonchev–Trinajstić information content (AvgIpc) is 2.87. The first kappa shape index (κ1) is 16.5. The molecule has 1 heterocycles. The first-order chi connectivity index (χ1) is 9.97. The molecule has 4 nitrogen and oxygen atoms in total. The normalized spacial score (nSPS) is 28.0. The third kappa shape index (κ3) is 3.86. The number of ether oxygens (including phenoxy) is 1. The van der Waals surface area contributed by atoms with Gasteiger partial charge in [-0.15, -0.1) is 0 Å². The molecule has 0 saturated heterocycles. The van der Waals surface area contributed by atoms with E-state index in [1.54, 1.807) is 0 Å². The molecule has 1 fully saturated rings. The molecular weight excluding hydrogens is 264 g/mol. The van der Waals surface area contributed by atoms with Crippen molar-refractivity contribution in [1.82, 2.24) is 9.78 Å². The molecule has 0 aromatic carbocycles. The fourth-order valence-corrected chi connectivity index (χ4v) is 3.52. The van der Waals surface area contributed by atoms with Crippen LogP contribution in [0.1, 0.15) is 65.1 Å². The molecule has 0 bridgehead atoms. The summed E-state index contributed by atoms with van der Waals surface area (Å²) in [5, 5.41) is 15.4. The average molecular weight is 294 g/mol. The Hall–Kier alpha value is -0.870. The topological polar surface area (TPSA) is 47.3 Å². The van der Waals surface area contributed by atoms with Crippen molar-refractivity contribution in [3.8, 4) is 0 Å². The molecule has 0 radical (unpaired) electrons. The van der Waals surface area contributed by atoms with E-state index in [2.05, 4.69) is 25.9 Å². The molecule has 3 atom stereocenters. The lowest BCUT2D eigenvalue weighted by Crippen LogP contribution is -2.49. The van der Waals surface area contributed by atoms with Crippen LogP contribution in [0.2, 0.25) is 0 Å². The monoisotopic (exact) mass is 294 g/mol. The van der Waals surface area contributed by atoms with E-state index in [9.17, 15) is 5.11 Å². The zero-order valence-electron chi connectivity index (χ0n) is 13.9. The van der Waals surface area contributed by atoms with Gasteiger partial charge in [-0.05, 0) is 45.6 Å².